The predicted molar refractivity (Wildman–Crippen MR) is 90.6 cm³/mol. The Kier molecular flexibility index (Phi) is 4.25. The van der Waals surface area contributed by atoms with Crippen LogP contribution in [0.3, 0.4) is 0 Å². The Bertz CT molecular complexity index is 696. The third-order valence-electron chi connectivity index (χ3n) is 4.04. The fourth-order valence-electron chi connectivity index (χ4n) is 2.89. The molecule has 1 aliphatic rings. The highest BCUT2D eigenvalue weighted by Crippen LogP contribution is 2.30. The Morgan fingerprint density at radius 3 is 2.91 bits per heavy atom. The molecule has 0 radical (unpaired) electrons. The summed E-state index contributed by atoms with van der Waals surface area (Å²) in [6.07, 6.45) is 2.24. The van der Waals surface area contributed by atoms with Crippen molar-refractivity contribution < 1.29 is 9.21 Å². The molecule has 1 aliphatic heterocycles. The maximum absolute atomic E-state index is 12.5. The Labute approximate surface area is 138 Å². The van der Waals surface area contributed by atoms with E-state index in [1.807, 2.05) is 23.1 Å². The molecular formula is C17H19BrN2O2. The summed E-state index contributed by atoms with van der Waals surface area (Å²) < 4.78 is 6.67. The second kappa shape index (κ2) is 6.16. The number of hydrogen-bond acceptors (Lipinski definition) is 3. The van der Waals surface area contributed by atoms with Gasteiger partial charge in [-0.25, -0.2) is 0 Å². The zero-order valence-corrected chi connectivity index (χ0v) is 14.1. The van der Waals surface area contributed by atoms with E-state index in [1.165, 1.54) is 6.42 Å². The number of nitrogen functional groups attached to an aromatic ring is 1. The Morgan fingerprint density at radius 1 is 1.36 bits per heavy atom. The van der Waals surface area contributed by atoms with Gasteiger partial charge < -0.3 is 15.1 Å². The summed E-state index contributed by atoms with van der Waals surface area (Å²) in [5.74, 6) is 1.52. The van der Waals surface area contributed by atoms with Crippen LogP contribution in [0.5, 0.6) is 0 Å². The highest BCUT2D eigenvalue weighted by molar-refractivity contribution is 9.10. The number of nitrogens with zero attached hydrogens (tertiary/aromatic N) is 1. The number of benzene rings is 1. The smallest absolute Gasteiger partial charge is 0.289 e. The topological polar surface area (TPSA) is 59.5 Å². The van der Waals surface area contributed by atoms with Crippen LogP contribution in [0.2, 0.25) is 0 Å². The molecule has 0 bridgehead atoms. The fraction of sp³-hybridized carbons (Fsp3) is 0.353. The zero-order valence-electron chi connectivity index (χ0n) is 12.5. The SMILES string of the molecule is C[C@H]1CCCN(C(=O)c2ccc(-c3ccc(Br)cc3N)o2)C1. The molecule has 1 atom stereocenters. The fourth-order valence-corrected chi connectivity index (χ4v) is 3.26. The van der Waals surface area contributed by atoms with Crippen LogP contribution >= 0.6 is 15.9 Å². The van der Waals surface area contributed by atoms with Crippen LogP contribution in [0, 0.1) is 5.92 Å². The van der Waals surface area contributed by atoms with Crippen molar-refractivity contribution in [1.82, 2.24) is 4.90 Å². The molecular weight excluding hydrogens is 344 g/mol. The minimum atomic E-state index is -0.0338. The predicted octanol–water partition coefficient (Wildman–Crippen LogP) is 4.16. The first-order valence-corrected chi connectivity index (χ1v) is 8.28. The number of hydrogen-bond donors (Lipinski definition) is 1. The second-order valence-electron chi connectivity index (χ2n) is 5.89. The molecule has 4 nitrogen and oxygen atoms in total. The van der Waals surface area contributed by atoms with Crippen molar-refractivity contribution in [2.75, 3.05) is 18.8 Å². The maximum atomic E-state index is 12.5. The van der Waals surface area contributed by atoms with Crippen LogP contribution in [0.1, 0.15) is 30.3 Å². The molecule has 1 saturated heterocycles. The molecule has 22 heavy (non-hydrogen) atoms. The summed E-state index contributed by atoms with van der Waals surface area (Å²) in [6, 6.07) is 9.15. The Morgan fingerprint density at radius 2 is 2.18 bits per heavy atom. The van der Waals surface area contributed by atoms with E-state index in [0.717, 1.165) is 29.5 Å². The molecule has 0 saturated carbocycles. The molecule has 1 amide bonds. The molecule has 1 fully saturated rings. The van der Waals surface area contributed by atoms with Crippen LogP contribution in [-0.4, -0.2) is 23.9 Å². The summed E-state index contributed by atoms with van der Waals surface area (Å²) in [7, 11) is 0. The lowest BCUT2D eigenvalue weighted by Gasteiger charge is -2.30. The van der Waals surface area contributed by atoms with Gasteiger partial charge in [-0.3, -0.25) is 4.79 Å². The lowest BCUT2D eigenvalue weighted by atomic mass is 10.0. The van der Waals surface area contributed by atoms with E-state index >= 15 is 0 Å². The molecule has 116 valence electrons. The van der Waals surface area contributed by atoms with Gasteiger partial charge in [0, 0.05) is 28.8 Å². The minimum absolute atomic E-state index is 0.0338. The molecule has 1 aromatic heterocycles. The highest BCUT2D eigenvalue weighted by Gasteiger charge is 2.24. The normalized spacial score (nSPS) is 18.5. The van der Waals surface area contributed by atoms with Gasteiger partial charge in [-0.1, -0.05) is 22.9 Å². The Balaban J connectivity index is 1.82. The van der Waals surface area contributed by atoms with Gasteiger partial charge in [0.2, 0.25) is 0 Å². The van der Waals surface area contributed by atoms with Crippen molar-refractivity contribution in [3.05, 3.63) is 40.6 Å². The van der Waals surface area contributed by atoms with Crippen molar-refractivity contribution >= 4 is 27.5 Å². The summed E-state index contributed by atoms with van der Waals surface area (Å²) in [5, 5.41) is 0. The van der Waals surface area contributed by atoms with Crippen LogP contribution in [0.15, 0.2) is 39.2 Å². The van der Waals surface area contributed by atoms with E-state index in [4.69, 9.17) is 10.2 Å². The van der Waals surface area contributed by atoms with Crippen LogP contribution in [0.25, 0.3) is 11.3 Å². The molecule has 3 rings (SSSR count). The second-order valence-corrected chi connectivity index (χ2v) is 6.81. The summed E-state index contributed by atoms with van der Waals surface area (Å²) in [5.41, 5.74) is 7.43. The number of amides is 1. The number of carbonyl (C=O) groups excluding carboxylic acids is 1. The third kappa shape index (κ3) is 3.04. The maximum Gasteiger partial charge on any atom is 0.289 e. The highest BCUT2D eigenvalue weighted by atomic mass is 79.9. The standard InChI is InChI=1S/C17H19BrN2O2/c1-11-3-2-8-20(10-11)17(21)16-7-6-15(22-16)13-5-4-12(18)9-14(13)19/h4-7,9,11H,2-3,8,10,19H2,1H3/t11-/m0/s1. The molecule has 1 aromatic carbocycles. The number of furan rings is 1. The average molecular weight is 363 g/mol. The zero-order chi connectivity index (χ0) is 15.7. The number of likely N-dealkylation sites (tertiary alicyclic amines) is 1. The average Bonchev–Trinajstić information content (AvgIpc) is 2.96. The Hall–Kier alpha value is -1.75. The number of halogens is 1. The van der Waals surface area contributed by atoms with Gasteiger partial charge in [0.05, 0.1) is 0 Å². The summed E-state index contributed by atoms with van der Waals surface area (Å²) in [4.78, 5) is 14.4. The molecule has 0 unspecified atom stereocenters. The van der Waals surface area contributed by atoms with E-state index in [2.05, 4.69) is 22.9 Å². The van der Waals surface area contributed by atoms with Gasteiger partial charge in [0.1, 0.15) is 5.76 Å². The number of anilines is 1. The molecule has 0 aliphatic carbocycles. The van der Waals surface area contributed by atoms with Gasteiger partial charge >= 0.3 is 0 Å². The van der Waals surface area contributed by atoms with Gasteiger partial charge in [-0.05, 0) is 49.1 Å². The first-order chi connectivity index (χ1) is 10.5. The van der Waals surface area contributed by atoms with Crippen LogP contribution < -0.4 is 5.73 Å². The lowest BCUT2D eigenvalue weighted by Crippen LogP contribution is -2.38. The summed E-state index contributed by atoms with van der Waals surface area (Å²) >= 11 is 3.38. The third-order valence-corrected chi connectivity index (χ3v) is 4.53. The van der Waals surface area contributed by atoms with Gasteiger partial charge in [0.25, 0.3) is 5.91 Å². The number of rotatable bonds is 2. The quantitative estimate of drug-likeness (QED) is 0.815. The van der Waals surface area contributed by atoms with Crippen molar-refractivity contribution in [3.8, 4) is 11.3 Å². The van der Waals surface area contributed by atoms with Crippen molar-refractivity contribution in [3.63, 3.8) is 0 Å². The molecule has 5 heteroatoms. The van der Waals surface area contributed by atoms with E-state index in [0.29, 0.717) is 23.1 Å². The molecule has 0 spiro atoms. The molecule has 2 heterocycles. The number of piperidine rings is 1. The largest absolute Gasteiger partial charge is 0.451 e. The van der Waals surface area contributed by atoms with E-state index in [9.17, 15) is 4.79 Å². The van der Waals surface area contributed by atoms with Crippen molar-refractivity contribution in [1.29, 1.82) is 0 Å². The molecule has 2 aromatic rings. The lowest BCUT2D eigenvalue weighted by molar-refractivity contribution is 0.0652. The molecule has 2 N–H and O–H groups in total. The summed E-state index contributed by atoms with van der Waals surface area (Å²) in [6.45, 7) is 3.78. The van der Waals surface area contributed by atoms with Gasteiger partial charge in [-0.15, -0.1) is 0 Å². The van der Waals surface area contributed by atoms with Gasteiger partial charge in [0.15, 0.2) is 5.76 Å². The van der Waals surface area contributed by atoms with E-state index in [1.54, 1.807) is 12.1 Å². The van der Waals surface area contributed by atoms with E-state index in [-0.39, 0.29) is 5.91 Å². The van der Waals surface area contributed by atoms with Crippen LogP contribution in [0.4, 0.5) is 5.69 Å². The monoisotopic (exact) mass is 362 g/mol. The van der Waals surface area contributed by atoms with Crippen LogP contribution in [-0.2, 0) is 0 Å². The number of carbonyl (C=O) groups is 1. The first-order valence-electron chi connectivity index (χ1n) is 7.49. The number of nitrogens with two attached hydrogens (primary N) is 1. The van der Waals surface area contributed by atoms with Crippen molar-refractivity contribution in [2.24, 2.45) is 5.92 Å². The first kappa shape index (κ1) is 15.2. The van der Waals surface area contributed by atoms with Gasteiger partial charge in [-0.2, -0.15) is 0 Å². The van der Waals surface area contributed by atoms with E-state index < -0.39 is 0 Å². The van der Waals surface area contributed by atoms with Crippen molar-refractivity contribution in [2.45, 2.75) is 19.8 Å². The minimum Gasteiger partial charge on any atom is -0.451 e.